The molecule has 22 heavy (non-hydrogen) atoms. The summed E-state index contributed by atoms with van der Waals surface area (Å²) < 4.78 is 1.96. The molecule has 0 aromatic carbocycles. The van der Waals surface area contributed by atoms with E-state index in [4.69, 9.17) is 0 Å². The highest BCUT2D eigenvalue weighted by atomic mass is 16.2. The molecule has 1 amide bonds. The minimum Gasteiger partial charge on any atom is -0.344 e. The smallest absolute Gasteiger partial charge is 0.224 e. The summed E-state index contributed by atoms with van der Waals surface area (Å²) in [6.45, 7) is 7.92. The molecule has 2 aromatic heterocycles. The summed E-state index contributed by atoms with van der Waals surface area (Å²) in [5.41, 5.74) is 1.37. The van der Waals surface area contributed by atoms with Crippen LogP contribution in [0.4, 0.5) is 0 Å². The van der Waals surface area contributed by atoms with Gasteiger partial charge in [-0.25, -0.2) is 0 Å². The van der Waals surface area contributed by atoms with Crippen molar-refractivity contribution in [2.24, 2.45) is 17.8 Å². The third-order valence-electron chi connectivity index (χ3n) is 5.02. The van der Waals surface area contributed by atoms with Crippen LogP contribution in [0.5, 0.6) is 0 Å². The number of fused-ring (bicyclic) bond motifs is 2. The van der Waals surface area contributed by atoms with Crippen molar-refractivity contribution in [1.29, 1.82) is 0 Å². The molecule has 1 saturated carbocycles. The lowest BCUT2D eigenvalue weighted by Crippen LogP contribution is -2.44. The van der Waals surface area contributed by atoms with Gasteiger partial charge in [-0.1, -0.05) is 6.07 Å². The van der Waals surface area contributed by atoms with Crippen LogP contribution in [-0.4, -0.2) is 33.6 Å². The van der Waals surface area contributed by atoms with E-state index in [9.17, 15) is 4.79 Å². The summed E-state index contributed by atoms with van der Waals surface area (Å²) in [5.74, 6) is 2.12. The molecule has 3 heterocycles. The number of rotatable bonds is 3. The van der Waals surface area contributed by atoms with Gasteiger partial charge in [0, 0.05) is 12.1 Å². The summed E-state index contributed by atoms with van der Waals surface area (Å²) in [5, 5.41) is 15.1. The maximum absolute atomic E-state index is 12.5. The fraction of sp³-hybridized carbons (Fsp3) is 0.562. The quantitative estimate of drug-likeness (QED) is 0.881. The van der Waals surface area contributed by atoms with E-state index in [1.807, 2.05) is 43.5 Å². The van der Waals surface area contributed by atoms with E-state index in [0.29, 0.717) is 11.8 Å². The fourth-order valence-corrected chi connectivity index (χ4v) is 3.73. The van der Waals surface area contributed by atoms with Gasteiger partial charge in [0.2, 0.25) is 5.91 Å². The van der Waals surface area contributed by atoms with Crippen LogP contribution in [0.3, 0.4) is 0 Å². The van der Waals surface area contributed by atoms with Crippen molar-refractivity contribution >= 4 is 11.6 Å². The van der Waals surface area contributed by atoms with Crippen molar-refractivity contribution in [1.82, 2.24) is 25.2 Å². The van der Waals surface area contributed by atoms with Crippen LogP contribution >= 0.6 is 0 Å². The Bertz CT molecular complexity index is 740. The molecule has 1 saturated heterocycles. The molecule has 0 bridgehead atoms. The average Bonchev–Trinajstić information content (AvgIpc) is 2.85. The van der Waals surface area contributed by atoms with Crippen molar-refractivity contribution in [3.05, 3.63) is 29.7 Å². The monoisotopic (exact) mass is 299 g/mol. The Labute approximate surface area is 129 Å². The Morgan fingerprint density at radius 1 is 1.36 bits per heavy atom. The van der Waals surface area contributed by atoms with E-state index in [-0.39, 0.29) is 11.8 Å². The number of carbonyl (C=O) groups is 1. The van der Waals surface area contributed by atoms with E-state index in [1.165, 1.54) is 0 Å². The van der Waals surface area contributed by atoms with Crippen LogP contribution < -0.4 is 10.6 Å². The van der Waals surface area contributed by atoms with Crippen molar-refractivity contribution in [2.75, 3.05) is 13.1 Å². The fourth-order valence-electron chi connectivity index (χ4n) is 3.73. The lowest BCUT2D eigenvalue weighted by molar-refractivity contribution is -0.124. The summed E-state index contributed by atoms with van der Waals surface area (Å²) in [7, 11) is 0. The molecular formula is C16H21N5O. The highest BCUT2D eigenvalue weighted by Crippen LogP contribution is 2.49. The van der Waals surface area contributed by atoms with Crippen LogP contribution in [-0.2, 0) is 10.3 Å². The van der Waals surface area contributed by atoms with E-state index in [1.54, 1.807) is 0 Å². The first-order valence-electron chi connectivity index (χ1n) is 7.82. The van der Waals surface area contributed by atoms with Crippen molar-refractivity contribution in [3.63, 3.8) is 0 Å². The third kappa shape index (κ3) is 1.94. The third-order valence-corrected chi connectivity index (χ3v) is 5.02. The van der Waals surface area contributed by atoms with Gasteiger partial charge in [-0.15, -0.1) is 10.2 Å². The summed E-state index contributed by atoms with van der Waals surface area (Å²) in [6, 6.07) is 3.99. The Morgan fingerprint density at radius 2 is 2.09 bits per heavy atom. The maximum atomic E-state index is 12.5. The van der Waals surface area contributed by atoms with Gasteiger partial charge in [-0.05, 0) is 57.3 Å². The molecule has 2 aromatic rings. The molecule has 0 spiro atoms. The van der Waals surface area contributed by atoms with E-state index >= 15 is 0 Å². The first-order valence-corrected chi connectivity index (χ1v) is 7.82. The topological polar surface area (TPSA) is 71.3 Å². The molecular weight excluding hydrogens is 278 g/mol. The van der Waals surface area contributed by atoms with Gasteiger partial charge in [0.25, 0.3) is 0 Å². The number of hydrogen-bond acceptors (Lipinski definition) is 4. The zero-order valence-electron chi connectivity index (χ0n) is 13.1. The van der Waals surface area contributed by atoms with E-state index in [0.717, 1.165) is 30.1 Å². The Hall–Kier alpha value is -1.95. The zero-order valence-corrected chi connectivity index (χ0v) is 13.1. The van der Waals surface area contributed by atoms with Crippen LogP contribution in [0, 0.1) is 24.7 Å². The molecule has 6 heteroatoms. The van der Waals surface area contributed by atoms with Crippen molar-refractivity contribution < 1.29 is 4.79 Å². The summed E-state index contributed by atoms with van der Waals surface area (Å²) in [6.07, 6.45) is 1.95. The van der Waals surface area contributed by atoms with Crippen LogP contribution in [0.15, 0.2) is 18.3 Å². The number of aromatic nitrogens is 3. The lowest BCUT2D eigenvalue weighted by atomic mass is 10.0. The van der Waals surface area contributed by atoms with Crippen LogP contribution in [0.25, 0.3) is 5.65 Å². The SMILES string of the molecule is Cc1cccn2c(C(C)(C)NC(=O)C3[C@H]4CNC[C@@H]34)nnc12. The number of aryl methyl sites for hydroxylation is 1. The van der Waals surface area contributed by atoms with Crippen molar-refractivity contribution in [2.45, 2.75) is 26.3 Å². The number of piperidine rings is 1. The molecule has 2 N–H and O–H groups in total. The van der Waals surface area contributed by atoms with Crippen LogP contribution in [0.1, 0.15) is 25.2 Å². The normalized spacial score (nSPS) is 27.0. The van der Waals surface area contributed by atoms with Gasteiger partial charge in [0.1, 0.15) is 0 Å². The van der Waals surface area contributed by atoms with Gasteiger partial charge in [0.15, 0.2) is 11.5 Å². The van der Waals surface area contributed by atoms with Crippen LogP contribution in [0.2, 0.25) is 0 Å². The Morgan fingerprint density at radius 3 is 2.82 bits per heavy atom. The molecule has 1 aliphatic heterocycles. The van der Waals surface area contributed by atoms with Gasteiger partial charge in [0.05, 0.1) is 5.54 Å². The standard InChI is InChI=1S/C16H21N5O/c1-9-5-4-6-21-13(9)19-20-15(21)16(2,3)18-14(22)12-10-7-17-8-11(10)12/h4-6,10-12,17H,7-8H2,1-3H3,(H,18,22)/t10-,11+,12?. The Kier molecular flexibility index (Phi) is 2.81. The largest absolute Gasteiger partial charge is 0.344 e. The number of pyridine rings is 1. The van der Waals surface area contributed by atoms with Gasteiger partial charge >= 0.3 is 0 Å². The van der Waals surface area contributed by atoms with Gasteiger partial charge in [-0.3, -0.25) is 9.20 Å². The second-order valence-corrected chi connectivity index (χ2v) is 7.03. The van der Waals surface area contributed by atoms with Gasteiger partial charge < -0.3 is 10.6 Å². The predicted octanol–water partition coefficient (Wildman–Crippen LogP) is 0.854. The molecule has 1 unspecified atom stereocenters. The van der Waals surface area contributed by atoms with E-state index < -0.39 is 5.54 Å². The molecule has 0 radical (unpaired) electrons. The number of hydrogen-bond donors (Lipinski definition) is 2. The van der Waals surface area contributed by atoms with E-state index in [2.05, 4.69) is 20.8 Å². The lowest BCUT2D eigenvalue weighted by Gasteiger charge is -2.25. The minimum atomic E-state index is -0.547. The molecule has 1 aliphatic carbocycles. The number of nitrogens with one attached hydrogen (secondary N) is 2. The predicted molar refractivity (Wildman–Crippen MR) is 82.2 cm³/mol. The number of carbonyl (C=O) groups excluding carboxylic acids is 1. The minimum absolute atomic E-state index is 0.144. The molecule has 2 fully saturated rings. The molecule has 4 rings (SSSR count). The molecule has 3 atom stereocenters. The summed E-state index contributed by atoms with van der Waals surface area (Å²) >= 11 is 0. The highest BCUT2D eigenvalue weighted by molar-refractivity contribution is 5.83. The number of amides is 1. The Balaban J connectivity index is 1.59. The second-order valence-electron chi connectivity index (χ2n) is 7.03. The molecule has 2 aliphatic rings. The number of nitrogens with zero attached hydrogens (tertiary/aromatic N) is 3. The van der Waals surface area contributed by atoms with Crippen molar-refractivity contribution in [3.8, 4) is 0 Å². The maximum Gasteiger partial charge on any atom is 0.224 e. The molecule has 116 valence electrons. The first-order chi connectivity index (χ1) is 10.5. The second kappa shape index (κ2) is 4.52. The molecule has 6 nitrogen and oxygen atoms in total. The first kappa shape index (κ1) is 13.7. The highest BCUT2D eigenvalue weighted by Gasteiger charge is 2.57. The average molecular weight is 299 g/mol. The van der Waals surface area contributed by atoms with Gasteiger partial charge in [-0.2, -0.15) is 0 Å². The zero-order chi connectivity index (χ0) is 15.5. The summed E-state index contributed by atoms with van der Waals surface area (Å²) in [4.78, 5) is 12.5.